The van der Waals surface area contributed by atoms with Gasteiger partial charge < -0.3 is 25.4 Å². The predicted octanol–water partition coefficient (Wildman–Crippen LogP) is 1.33. The van der Waals surface area contributed by atoms with E-state index in [1.54, 1.807) is 12.1 Å². The zero-order chi connectivity index (χ0) is 32.8. The van der Waals surface area contributed by atoms with Crippen LogP contribution in [-0.4, -0.2) is 107 Å². The second-order valence-electron chi connectivity index (χ2n) is 11.6. The Hall–Kier alpha value is -3.13. The molecule has 3 rings (SSSR count). The van der Waals surface area contributed by atoms with Crippen LogP contribution < -0.4 is 16.0 Å². The zero-order valence-electron chi connectivity index (χ0n) is 26.6. The van der Waals surface area contributed by atoms with E-state index in [4.69, 9.17) is 9.47 Å². The number of hydrogen-bond acceptors (Lipinski definition) is 9. The molecule has 3 N–H and O–H groups in total. The molecule has 0 saturated carbocycles. The molecular formula is C32H48N4O8S. The van der Waals surface area contributed by atoms with E-state index < -0.39 is 39.8 Å². The summed E-state index contributed by atoms with van der Waals surface area (Å²) in [7, 11) is -3.42. The Morgan fingerprint density at radius 1 is 0.956 bits per heavy atom. The fourth-order valence-corrected chi connectivity index (χ4v) is 5.92. The summed E-state index contributed by atoms with van der Waals surface area (Å²) in [6.45, 7) is 6.55. The van der Waals surface area contributed by atoms with Gasteiger partial charge in [0.25, 0.3) is 0 Å². The fraction of sp³-hybridized carbons (Fsp3) is 0.625. The summed E-state index contributed by atoms with van der Waals surface area (Å²) >= 11 is 0. The van der Waals surface area contributed by atoms with Gasteiger partial charge >= 0.3 is 0 Å². The number of benzene rings is 1. The molecule has 0 bridgehead atoms. The number of nitrogens with zero attached hydrogens (tertiary/aromatic N) is 1. The zero-order valence-corrected chi connectivity index (χ0v) is 27.5. The summed E-state index contributed by atoms with van der Waals surface area (Å²) in [5, 5.41) is 8.33. The highest BCUT2D eigenvalue weighted by Crippen LogP contribution is 2.22. The van der Waals surface area contributed by atoms with Gasteiger partial charge in [0.1, 0.15) is 12.1 Å². The van der Waals surface area contributed by atoms with E-state index in [-0.39, 0.29) is 42.6 Å². The van der Waals surface area contributed by atoms with Gasteiger partial charge in [-0.1, -0.05) is 23.8 Å². The van der Waals surface area contributed by atoms with Crippen molar-refractivity contribution in [2.75, 3.05) is 52.3 Å². The molecule has 1 aliphatic carbocycles. The van der Waals surface area contributed by atoms with Crippen LogP contribution in [-0.2, 0) is 44.9 Å². The molecule has 0 aromatic heterocycles. The number of ketones is 1. The Kier molecular flexibility index (Phi) is 14.6. The van der Waals surface area contributed by atoms with E-state index in [9.17, 15) is 27.6 Å². The van der Waals surface area contributed by atoms with Gasteiger partial charge in [-0.05, 0) is 63.6 Å². The standard InChI is InChI=1S/C32H48N4O8S/c1-4-43-17-14-29(37)27(20-24-8-6-5-7-9-24)34-32(40)28(21-25-10-12-26(13-11-25)45(3,41)42)35-31(39)23(2)33-30(38)22-36-15-18-44-19-16-36/h8,10-13,23,27-28H,4-7,9,14-22H2,1-3H3,(H,33,38)(H,34,40)(H,35,39). The van der Waals surface area contributed by atoms with E-state index in [0.717, 1.165) is 37.5 Å². The van der Waals surface area contributed by atoms with Crippen molar-refractivity contribution in [3.05, 3.63) is 41.5 Å². The highest BCUT2D eigenvalue weighted by molar-refractivity contribution is 7.90. The lowest BCUT2D eigenvalue weighted by Crippen LogP contribution is -2.56. The first-order valence-electron chi connectivity index (χ1n) is 15.7. The molecule has 1 aromatic rings. The number of sulfone groups is 1. The van der Waals surface area contributed by atoms with Crippen molar-refractivity contribution >= 4 is 33.3 Å². The summed E-state index contributed by atoms with van der Waals surface area (Å²) in [5.41, 5.74) is 1.73. The number of amides is 3. The minimum atomic E-state index is -3.42. The number of morpholine rings is 1. The van der Waals surface area contributed by atoms with E-state index in [1.807, 2.05) is 11.8 Å². The lowest BCUT2D eigenvalue weighted by atomic mass is 9.92. The predicted molar refractivity (Wildman–Crippen MR) is 169 cm³/mol. The monoisotopic (exact) mass is 648 g/mol. The lowest BCUT2D eigenvalue weighted by molar-refractivity contribution is -0.133. The van der Waals surface area contributed by atoms with Crippen LogP contribution in [0, 0.1) is 0 Å². The maximum absolute atomic E-state index is 13.8. The molecule has 12 nitrogen and oxygen atoms in total. The summed E-state index contributed by atoms with van der Waals surface area (Å²) in [6, 6.07) is 3.26. The van der Waals surface area contributed by atoms with Crippen LogP contribution in [0.4, 0.5) is 0 Å². The van der Waals surface area contributed by atoms with E-state index in [0.29, 0.717) is 44.9 Å². The first-order valence-corrected chi connectivity index (χ1v) is 17.6. The quantitative estimate of drug-likeness (QED) is 0.167. The molecule has 3 atom stereocenters. The van der Waals surface area contributed by atoms with Crippen molar-refractivity contribution < 1.29 is 37.1 Å². The minimum Gasteiger partial charge on any atom is -0.381 e. The molecule has 2 aliphatic rings. The van der Waals surface area contributed by atoms with E-state index >= 15 is 0 Å². The molecule has 1 fully saturated rings. The number of nitrogens with one attached hydrogen (secondary N) is 3. The first-order chi connectivity index (χ1) is 21.5. The molecular weight excluding hydrogens is 600 g/mol. The minimum absolute atomic E-state index is 0.0403. The second-order valence-corrected chi connectivity index (χ2v) is 13.7. The average Bonchev–Trinajstić information content (AvgIpc) is 3.01. The maximum Gasteiger partial charge on any atom is 0.243 e. The molecule has 1 heterocycles. The number of hydrogen-bond donors (Lipinski definition) is 3. The molecule has 1 aromatic carbocycles. The highest BCUT2D eigenvalue weighted by Gasteiger charge is 2.29. The summed E-state index contributed by atoms with van der Waals surface area (Å²) in [6.07, 6.45) is 7.71. The normalized spacial score (nSPS) is 17.8. The van der Waals surface area contributed by atoms with Crippen LogP contribution in [0.5, 0.6) is 0 Å². The number of ether oxygens (including phenoxy) is 2. The SMILES string of the molecule is CCOCCC(=O)C(CC1=CCCCC1)NC(=O)C(Cc1ccc(S(C)(=O)=O)cc1)NC(=O)C(C)NC(=O)CN1CCOCC1. The largest absolute Gasteiger partial charge is 0.381 e. The van der Waals surface area contributed by atoms with E-state index in [1.165, 1.54) is 19.1 Å². The molecule has 45 heavy (non-hydrogen) atoms. The van der Waals surface area contributed by atoms with Gasteiger partial charge in [0.2, 0.25) is 17.7 Å². The molecule has 3 amide bonds. The number of Topliss-reactive ketones (excluding diaryl/α,β-unsaturated/α-hetero) is 1. The number of carbonyl (C=O) groups excluding carboxylic acids is 4. The first kappa shape index (κ1) is 36.3. The number of carbonyl (C=O) groups is 4. The van der Waals surface area contributed by atoms with Gasteiger partial charge in [-0.25, -0.2) is 8.42 Å². The average molecular weight is 649 g/mol. The smallest absolute Gasteiger partial charge is 0.243 e. The third-order valence-electron chi connectivity index (χ3n) is 7.92. The third kappa shape index (κ3) is 12.6. The fourth-order valence-electron chi connectivity index (χ4n) is 5.29. The Morgan fingerprint density at radius 2 is 1.64 bits per heavy atom. The molecule has 3 unspecified atom stereocenters. The summed E-state index contributed by atoms with van der Waals surface area (Å²) < 4.78 is 34.6. The molecule has 0 spiro atoms. The number of rotatable bonds is 17. The van der Waals surface area contributed by atoms with Gasteiger partial charge in [0.15, 0.2) is 15.6 Å². The van der Waals surface area contributed by atoms with Crippen LogP contribution in [0.25, 0.3) is 0 Å². The van der Waals surface area contributed by atoms with Crippen molar-refractivity contribution in [1.82, 2.24) is 20.9 Å². The second kappa shape index (κ2) is 18.1. The Balaban J connectivity index is 1.75. The van der Waals surface area contributed by atoms with Crippen LogP contribution in [0.3, 0.4) is 0 Å². The maximum atomic E-state index is 13.8. The van der Waals surface area contributed by atoms with Crippen molar-refractivity contribution in [3.8, 4) is 0 Å². The van der Waals surface area contributed by atoms with Crippen LogP contribution in [0.2, 0.25) is 0 Å². The topological polar surface area (TPSA) is 160 Å². The number of allylic oxidation sites excluding steroid dienone is 1. The van der Waals surface area contributed by atoms with Crippen LogP contribution in [0.1, 0.15) is 57.9 Å². The van der Waals surface area contributed by atoms with Gasteiger partial charge in [-0.3, -0.25) is 24.1 Å². The Morgan fingerprint density at radius 3 is 2.27 bits per heavy atom. The van der Waals surface area contributed by atoms with Gasteiger partial charge in [0, 0.05) is 38.8 Å². The van der Waals surface area contributed by atoms with Crippen molar-refractivity contribution in [2.45, 2.75) is 81.8 Å². The molecule has 13 heteroatoms. The van der Waals surface area contributed by atoms with Crippen molar-refractivity contribution in [2.24, 2.45) is 0 Å². The van der Waals surface area contributed by atoms with Crippen molar-refractivity contribution in [3.63, 3.8) is 0 Å². The molecule has 1 aliphatic heterocycles. The lowest BCUT2D eigenvalue weighted by Gasteiger charge is -2.27. The van der Waals surface area contributed by atoms with Crippen LogP contribution >= 0.6 is 0 Å². The molecule has 1 saturated heterocycles. The molecule has 0 radical (unpaired) electrons. The highest BCUT2D eigenvalue weighted by atomic mass is 32.2. The Labute approximate surface area is 266 Å². The molecule has 250 valence electrons. The van der Waals surface area contributed by atoms with Crippen molar-refractivity contribution in [1.29, 1.82) is 0 Å². The van der Waals surface area contributed by atoms with Gasteiger partial charge in [0.05, 0.1) is 37.3 Å². The Bertz CT molecular complexity index is 1290. The summed E-state index contributed by atoms with van der Waals surface area (Å²) in [5.74, 6) is -1.59. The van der Waals surface area contributed by atoms with Crippen LogP contribution in [0.15, 0.2) is 40.8 Å². The third-order valence-corrected chi connectivity index (χ3v) is 9.05. The summed E-state index contributed by atoms with van der Waals surface area (Å²) in [4.78, 5) is 54.9. The van der Waals surface area contributed by atoms with Gasteiger partial charge in [-0.15, -0.1) is 0 Å². The van der Waals surface area contributed by atoms with E-state index in [2.05, 4.69) is 22.0 Å². The van der Waals surface area contributed by atoms with Gasteiger partial charge in [-0.2, -0.15) is 0 Å².